The van der Waals surface area contributed by atoms with Gasteiger partial charge in [-0.1, -0.05) is 6.07 Å². The Labute approximate surface area is 150 Å². The summed E-state index contributed by atoms with van der Waals surface area (Å²) in [5, 5.41) is 6.28. The van der Waals surface area contributed by atoms with E-state index in [0.29, 0.717) is 23.5 Å². The van der Waals surface area contributed by atoms with Gasteiger partial charge in [0.2, 0.25) is 0 Å². The third-order valence-electron chi connectivity index (χ3n) is 3.73. The first-order valence-electron chi connectivity index (χ1n) is 7.69. The van der Waals surface area contributed by atoms with Crippen molar-refractivity contribution in [2.75, 3.05) is 27.2 Å². The summed E-state index contributed by atoms with van der Waals surface area (Å²) in [6, 6.07) is 3.30. The van der Waals surface area contributed by atoms with Crippen LogP contribution in [0, 0.1) is 0 Å². The van der Waals surface area contributed by atoms with E-state index in [1.165, 1.54) is 7.05 Å². The van der Waals surface area contributed by atoms with E-state index in [4.69, 9.17) is 0 Å². The molecule has 27 heavy (non-hydrogen) atoms. The highest BCUT2D eigenvalue weighted by atomic mass is 19.4. The fraction of sp³-hybridized carbons (Fsp3) is 0.375. The highest BCUT2D eigenvalue weighted by molar-refractivity contribution is 5.95. The predicted molar refractivity (Wildman–Crippen MR) is 84.5 cm³/mol. The Hall–Kier alpha value is -2.56. The normalized spacial score (nSPS) is 12.3. The fourth-order valence-electron chi connectivity index (χ4n) is 2.37. The maximum atomic E-state index is 13.6. The molecule has 0 radical (unpaired) electrons. The molecule has 5 nitrogen and oxygen atoms in total. The van der Waals surface area contributed by atoms with E-state index in [0.717, 1.165) is 23.1 Å². The van der Waals surface area contributed by atoms with E-state index >= 15 is 0 Å². The fourth-order valence-corrected chi connectivity index (χ4v) is 2.37. The highest BCUT2D eigenvalue weighted by Gasteiger charge is 2.41. The topological polar surface area (TPSA) is 50.2 Å². The van der Waals surface area contributed by atoms with Gasteiger partial charge in [-0.05, 0) is 25.2 Å². The average molecular weight is 394 g/mol. The largest absolute Gasteiger partial charge is 0.434 e. The van der Waals surface area contributed by atoms with E-state index in [1.54, 1.807) is 7.05 Å². The first kappa shape index (κ1) is 20.7. The number of nitrogens with zero attached hydrogens (tertiary/aromatic N) is 3. The van der Waals surface area contributed by atoms with Crippen molar-refractivity contribution in [3.8, 4) is 5.69 Å². The van der Waals surface area contributed by atoms with Crippen LogP contribution in [-0.2, 0) is 12.4 Å². The van der Waals surface area contributed by atoms with Crippen LogP contribution in [0.3, 0.4) is 0 Å². The standard InChI is InChI=1S/C16H16F6N4O/c1-23-6-7-25(2)14(27)12-9-24-26(13(12)16(20,21)22)11-5-3-4-10(8-11)15(17,18)19/h3-5,8-9,23H,6-7H2,1-2H3. The zero-order chi connectivity index (χ0) is 20.4. The van der Waals surface area contributed by atoms with Crippen LogP contribution in [0.15, 0.2) is 30.5 Å². The molecule has 0 aliphatic rings. The lowest BCUT2D eigenvalue weighted by Crippen LogP contribution is -2.34. The Balaban J connectivity index is 2.54. The molecule has 0 fully saturated rings. The Bertz CT molecular complexity index is 812. The molecule has 0 saturated heterocycles. The second-order valence-electron chi connectivity index (χ2n) is 5.69. The van der Waals surface area contributed by atoms with Crippen molar-refractivity contribution in [3.63, 3.8) is 0 Å². The van der Waals surface area contributed by atoms with E-state index < -0.39 is 40.8 Å². The molecule has 0 spiro atoms. The molecule has 11 heteroatoms. The number of amides is 1. The van der Waals surface area contributed by atoms with Crippen LogP contribution in [0.2, 0.25) is 0 Å². The van der Waals surface area contributed by atoms with Gasteiger partial charge in [0, 0.05) is 20.1 Å². The lowest BCUT2D eigenvalue weighted by molar-refractivity contribution is -0.143. The number of nitrogens with one attached hydrogen (secondary N) is 1. The number of hydrogen-bond acceptors (Lipinski definition) is 3. The van der Waals surface area contributed by atoms with Crippen molar-refractivity contribution in [3.05, 3.63) is 47.3 Å². The van der Waals surface area contributed by atoms with Gasteiger partial charge in [-0.15, -0.1) is 0 Å². The van der Waals surface area contributed by atoms with Gasteiger partial charge in [-0.25, -0.2) is 4.68 Å². The summed E-state index contributed by atoms with van der Waals surface area (Å²) in [5.74, 6) is -0.934. The lowest BCUT2D eigenvalue weighted by atomic mass is 10.1. The van der Waals surface area contributed by atoms with Crippen LogP contribution in [0.5, 0.6) is 0 Å². The van der Waals surface area contributed by atoms with Crippen molar-refractivity contribution in [1.29, 1.82) is 0 Å². The molecule has 1 heterocycles. The van der Waals surface area contributed by atoms with Crippen LogP contribution < -0.4 is 5.32 Å². The van der Waals surface area contributed by atoms with Crippen LogP contribution in [0.4, 0.5) is 26.3 Å². The van der Waals surface area contributed by atoms with Crippen LogP contribution in [0.1, 0.15) is 21.6 Å². The van der Waals surface area contributed by atoms with Crippen molar-refractivity contribution in [1.82, 2.24) is 20.0 Å². The summed E-state index contributed by atoms with van der Waals surface area (Å²) >= 11 is 0. The van der Waals surface area contributed by atoms with Crippen molar-refractivity contribution < 1.29 is 31.1 Å². The van der Waals surface area contributed by atoms with E-state index in [-0.39, 0.29) is 6.54 Å². The van der Waals surface area contributed by atoms with Crippen LogP contribution >= 0.6 is 0 Å². The molecule has 2 aromatic rings. The summed E-state index contributed by atoms with van der Waals surface area (Å²) in [4.78, 5) is 13.4. The molecule has 2 rings (SSSR count). The number of carbonyl (C=O) groups excluding carboxylic acids is 1. The van der Waals surface area contributed by atoms with Gasteiger partial charge in [0.1, 0.15) is 0 Å². The smallest absolute Gasteiger partial charge is 0.340 e. The number of rotatable bonds is 5. The van der Waals surface area contributed by atoms with Gasteiger partial charge in [-0.2, -0.15) is 31.4 Å². The first-order valence-corrected chi connectivity index (χ1v) is 7.69. The Morgan fingerprint density at radius 2 is 1.85 bits per heavy atom. The minimum Gasteiger partial charge on any atom is -0.340 e. The van der Waals surface area contributed by atoms with Crippen molar-refractivity contribution in [2.24, 2.45) is 0 Å². The molecule has 148 valence electrons. The molecular formula is C16H16F6N4O. The molecule has 0 unspecified atom stereocenters. The van der Waals surface area contributed by atoms with Gasteiger partial charge >= 0.3 is 12.4 Å². The molecule has 0 aliphatic carbocycles. The molecule has 1 aromatic carbocycles. The molecule has 1 amide bonds. The summed E-state index contributed by atoms with van der Waals surface area (Å²) in [7, 11) is 2.94. The minimum absolute atomic E-state index is 0.140. The van der Waals surface area contributed by atoms with Gasteiger partial charge in [-0.3, -0.25) is 4.79 Å². The van der Waals surface area contributed by atoms with Crippen molar-refractivity contribution >= 4 is 5.91 Å². The monoisotopic (exact) mass is 394 g/mol. The van der Waals surface area contributed by atoms with Gasteiger partial charge < -0.3 is 10.2 Å². The highest BCUT2D eigenvalue weighted by Crippen LogP contribution is 2.35. The quantitative estimate of drug-likeness (QED) is 0.793. The molecular weight excluding hydrogens is 378 g/mol. The Morgan fingerprint density at radius 3 is 2.41 bits per heavy atom. The molecule has 0 bridgehead atoms. The first-order chi connectivity index (χ1) is 12.5. The zero-order valence-electron chi connectivity index (χ0n) is 14.3. The number of carbonyl (C=O) groups is 1. The molecule has 0 aliphatic heterocycles. The van der Waals surface area contributed by atoms with Gasteiger partial charge in [0.25, 0.3) is 5.91 Å². The summed E-state index contributed by atoms with van der Waals surface area (Å²) in [6.45, 7) is 0.493. The number of aromatic nitrogens is 2. The number of hydrogen-bond donors (Lipinski definition) is 1. The van der Waals surface area contributed by atoms with E-state index in [1.807, 2.05) is 0 Å². The lowest BCUT2D eigenvalue weighted by Gasteiger charge is -2.18. The number of alkyl halides is 6. The number of halogens is 6. The van der Waals surface area contributed by atoms with Gasteiger partial charge in [0.05, 0.1) is 23.0 Å². The second kappa shape index (κ2) is 7.59. The average Bonchev–Trinajstić information content (AvgIpc) is 3.03. The summed E-state index contributed by atoms with van der Waals surface area (Å²) in [6.07, 6.45) is -9.02. The maximum absolute atomic E-state index is 13.6. The van der Waals surface area contributed by atoms with E-state index in [2.05, 4.69) is 10.4 Å². The van der Waals surface area contributed by atoms with Gasteiger partial charge in [0.15, 0.2) is 5.69 Å². The second-order valence-corrected chi connectivity index (χ2v) is 5.69. The molecule has 0 saturated carbocycles. The van der Waals surface area contributed by atoms with Crippen LogP contribution in [-0.4, -0.2) is 47.8 Å². The number of likely N-dealkylation sites (N-methyl/N-ethyl adjacent to an activating group) is 2. The summed E-state index contributed by atoms with van der Waals surface area (Å²) < 4.78 is 79.6. The zero-order valence-corrected chi connectivity index (χ0v) is 14.3. The molecule has 0 atom stereocenters. The molecule has 1 N–H and O–H groups in total. The third-order valence-corrected chi connectivity index (χ3v) is 3.73. The SMILES string of the molecule is CNCCN(C)C(=O)c1cnn(-c2cccc(C(F)(F)F)c2)c1C(F)(F)F. The Morgan fingerprint density at radius 1 is 1.19 bits per heavy atom. The minimum atomic E-state index is -5.00. The number of benzene rings is 1. The van der Waals surface area contributed by atoms with Crippen molar-refractivity contribution in [2.45, 2.75) is 12.4 Å². The summed E-state index contributed by atoms with van der Waals surface area (Å²) in [5.41, 5.74) is -3.74. The van der Waals surface area contributed by atoms with E-state index in [9.17, 15) is 31.1 Å². The Kier molecular flexibility index (Phi) is 5.83. The van der Waals surface area contributed by atoms with Crippen LogP contribution in [0.25, 0.3) is 5.69 Å². The molecule has 1 aromatic heterocycles. The third kappa shape index (κ3) is 4.59. The predicted octanol–water partition coefficient (Wildman–Crippen LogP) is 3.20. The maximum Gasteiger partial charge on any atom is 0.434 e.